The lowest BCUT2D eigenvalue weighted by molar-refractivity contribution is 1.08. The van der Waals surface area contributed by atoms with Crippen molar-refractivity contribution in [3.8, 4) is 17.1 Å². The first-order chi connectivity index (χ1) is 13.2. The molecule has 5 aromatic rings. The van der Waals surface area contributed by atoms with Crippen LogP contribution in [0.5, 0.6) is 0 Å². The standard InChI is InChI=1S/C21H12Br2N4/c22-14-6-3-5-13(11-14)20-26-19-21(25-18-10-2-1-9-17(18)24-19)27(20)16-8-4-7-15(23)12-16/h1-12H. The van der Waals surface area contributed by atoms with Crippen LogP contribution in [0.25, 0.3) is 39.4 Å². The summed E-state index contributed by atoms with van der Waals surface area (Å²) in [6.07, 6.45) is 0. The summed E-state index contributed by atoms with van der Waals surface area (Å²) < 4.78 is 4.05. The Hall–Kier alpha value is -2.57. The van der Waals surface area contributed by atoms with Crippen LogP contribution in [-0.4, -0.2) is 19.5 Å². The molecule has 0 radical (unpaired) electrons. The average Bonchev–Trinajstić information content (AvgIpc) is 3.04. The van der Waals surface area contributed by atoms with Crippen molar-refractivity contribution in [2.45, 2.75) is 0 Å². The molecule has 0 aliphatic rings. The van der Waals surface area contributed by atoms with Gasteiger partial charge >= 0.3 is 0 Å². The van der Waals surface area contributed by atoms with Gasteiger partial charge in [-0.05, 0) is 42.5 Å². The Morgan fingerprint density at radius 2 is 1.37 bits per heavy atom. The summed E-state index contributed by atoms with van der Waals surface area (Å²) in [4.78, 5) is 14.4. The van der Waals surface area contributed by atoms with Crippen molar-refractivity contribution in [3.63, 3.8) is 0 Å². The highest BCUT2D eigenvalue weighted by Crippen LogP contribution is 2.30. The zero-order chi connectivity index (χ0) is 18.4. The highest BCUT2D eigenvalue weighted by Gasteiger charge is 2.17. The molecule has 0 aliphatic carbocycles. The minimum Gasteiger partial charge on any atom is -0.275 e. The summed E-state index contributed by atoms with van der Waals surface area (Å²) >= 11 is 7.12. The molecule has 0 aliphatic heterocycles. The zero-order valence-electron chi connectivity index (χ0n) is 14.0. The molecule has 4 nitrogen and oxygen atoms in total. The fourth-order valence-electron chi connectivity index (χ4n) is 3.14. The number of imidazole rings is 1. The Bertz CT molecular complexity index is 1310. The molecule has 27 heavy (non-hydrogen) atoms. The van der Waals surface area contributed by atoms with E-state index in [9.17, 15) is 0 Å². The third kappa shape index (κ3) is 2.95. The van der Waals surface area contributed by atoms with E-state index in [2.05, 4.69) is 48.6 Å². The summed E-state index contributed by atoms with van der Waals surface area (Å²) in [5.74, 6) is 0.805. The average molecular weight is 480 g/mol. The van der Waals surface area contributed by atoms with Gasteiger partial charge < -0.3 is 0 Å². The maximum Gasteiger partial charge on any atom is 0.199 e. The number of para-hydroxylation sites is 2. The topological polar surface area (TPSA) is 43.6 Å². The van der Waals surface area contributed by atoms with Crippen molar-refractivity contribution in [1.82, 2.24) is 19.5 Å². The molecule has 0 bridgehead atoms. The van der Waals surface area contributed by atoms with E-state index >= 15 is 0 Å². The minimum absolute atomic E-state index is 0.628. The number of rotatable bonds is 2. The van der Waals surface area contributed by atoms with Crippen molar-refractivity contribution in [2.75, 3.05) is 0 Å². The molecule has 0 spiro atoms. The van der Waals surface area contributed by atoms with Crippen molar-refractivity contribution >= 4 is 54.2 Å². The van der Waals surface area contributed by atoms with E-state index in [1.807, 2.05) is 60.7 Å². The van der Waals surface area contributed by atoms with E-state index in [0.29, 0.717) is 5.65 Å². The summed E-state index contributed by atoms with van der Waals surface area (Å²) in [7, 11) is 0. The van der Waals surface area contributed by atoms with Gasteiger partial charge in [0.2, 0.25) is 0 Å². The Morgan fingerprint density at radius 1 is 0.667 bits per heavy atom. The molecule has 2 heterocycles. The van der Waals surface area contributed by atoms with Crippen LogP contribution in [0, 0.1) is 0 Å². The number of aromatic nitrogens is 4. The van der Waals surface area contributed by atoms with Gasteiger partial charge in [-0.1, -0.05) is 62.2 Å². The van der Waals surface area contributed by atoms with E-state index in [-0.39, 0.29) is 0 Å². The number of hydrogen-bond acceptors (Lipinski definition) is 3. The summed E-state index contributed by atoms with van der Waals surface area (Å²) in [6.45, 7) is 0. The third-order valence-corrected chi connectivity index (χ3v) is 5.31. The van der Waals surface area contributed by atoms with Gasteiger partial charge in [0, 0.05) is 14.5 Å². The monoisotopic (exact) mass is 478 g/mol. The van der Waals surface area contributed by atoms with Gasteiger partial charge in [0.05, 0.1) is 16.7 Å². The summed E-state index contributed by atoms with van der Waals surface area (Å²) in [5.41, 5.74) is 5.02. The van der Waals surface area contributed by atoms with Crippen molar-refractivity contribution in [2.24, 2.45) is 0 Å². The third-order valence-electron chi connectivity index (χ3n) is 4.32. The fraction of sp³-hybridized carbons (Fsp3) is 0. The lowest BCUT2D eigenvalue weighted by Gasteiger charge is -2.09. The maximum absolute atomic E-state index is 4.86. The minimum atomic E-state index is 0.628. The first kappa shape index (κ1) is 16.6. The molecule has 0 atom stereocenters. The molecule has 130 valence electrons. The van der Waals surface area contributed by atoms with Crippen molar-refractivity contribution in [3.05, 3.63) is 81.7 Å². The van der Waals surface area contributed by atoms with E-state index in [4.69, 9.17) is 15.0 Å². The Labute approximate surface area is 172 Å². The van der Waals surface area contributed by atoms with Gasteiger partial charge in [0.25, 0.3) is 0 Å². The molecule has 0 amide bonds. The highest BCUT2D eigenvalue weighted by molar-refractivity contribution is 9.10. The SMILES string of the molecule is Brc1cccc(-c2nc3nc4ccccc4nc3n2-c2cccc(Br)c2)c1. The number of benzene rings is 3. The predicted molar refractivity (Wildman–Crippen MR) is 115 cm³/mol. The smallest absolute Gasteiger partial charge is 0.199 e. The quantitative estimate of drug-likeness (QED) is 0.304. The van der Waals surface area contributed by atoms with Crippen LogP contribution in [0.15, 0.2) is 81.7 Å². The van der Waals surface area contributed by atoms with Crippen LogP contribution in [0.1, 0.15) is 0 Å². The molecule has 2 aromatic heterocycles. The van der Waals surface area contributed by atoms with Crippen LogP contribution < -0.4 is 0 Å². The van der Waals surface area contributed by atoms with Gasteiger partial charge in [0.1, 0.15) is 5.82 Å². The Kier molecular flexibility index (Phi) is 4.02. The highest BCUT2D eigenvalue weighted by atomic mass is 79.9. The molecule has 0 fully saturated rings. The Morgan fingerprint density at radius 3 is 2.11 bits per heavy atom. The lowest BCUT2D eigenvalue weighted by atomic mass is 10.2. The molecular formula is C21H12Br2N4. The number of nitrogens with zero attached hydrogens (tertiary/aromatic N) is 4. The fourth-order valence-corrected chi connectivity index (χ4v) is 3.92. The molecule has 6 heteroatoms. The van der Waals surface area contributed by atoms with Crippen molar-refractivity contribution in [1.29, 1.82) is 0 Å². The molecule has 3 aromatic carbocycles. The predicted octanol–water partition coefficient (Wildman–Crippen LogP) is 6.16. The summed E-state index contributed by atoms with van der Waals surface area (Å²) in [5, 5.41) is 0. The zero-order valence-corrected chi connectivity index (χ0v) is 17.1. The molecule has 0 saturated carbocycles. The second-order valence-electron chi connectivity index (χ2n) is 6.12. The molecule has 0 unspecified atom stereocenters. The second kappa shape index (κ2) is 6.55. The molecular weight excluding hydrogens is 468 g/mol. The van der Waals surface area contributed by atoms with Crippen LogP contribution in [0.2, 0.25) is 0 Å². The Balaban J connectivity index is 1.90. The van der Waals surface area contributed by atoms with E-state index in [0.717, 1.165) is 42.7 Å². The van der Waals surface area contributed by atoms with Gasteiger partial charge in [0.15, 0.2) is 11.3 Å². The molecule has 5 rings (SSSR count). The normalized spacial score (nSPS) is 11.3. The van der Waals surface area contributed by atoms with Gasteiger partial charge in [-0.25, -0.2) is 15.0 Å². The van der Waals surface area contributed by atoms with Crippen LogP contribution >= 0.6 is 31.9 Å². The van der Waals surface area contributed by atoms with E-state index < -0.39 is 0 Å². The molecule has 0 N–H and O–H groups in total. The first-order valence-corrected chi connectivity index (χ1v) is 9.95. The van der Waals surface area contributed by atoms with Crippen LogP contribution in [0.4, 0.5) is 0 Å². The van der Waals surface area contributed by atoms with Gasteiger partial charge in [-0.2, -0.15) is 0 Å². The maximum atomic E-state index is 4.86. The van der Waals surface area contributed by atoms with Crippen LogP contribution in [-0.2, 0) is 0 Å². The summed E-state index contributed by atoms with van der Waals surface area (Å²) in [6, 6.07) is 24.1. The number of fused-ring (bicyclic) bond motifs is 2. The van der Waals surface area contributed by atoms with Crippen molar-refractivity contribution < 1.29 is 0 Å². The van der Waals surface area contributed by atoms with Gasteiger partial charge in [-0.15, -0.1) is 0 Å². The number of halogens is 2. The first-order valence-electron chi connectivity index (χ1n) is 8.36. The second-order valence-corrected chi connectivity index (χ2v) is 7.95. The van der Waals surface area contributed by atoms with Crippen LogP contribution in [0.3, 0.4) is 0 Å². The van der Waals surface area contributed by atoms with Gasteiger partial charge in [-0.3, -0.25) is 4.57 Å². The van der Waals surface area contributed by atoms with E-state index in [1.54, 1.807) is 0 Å². The molecule has 0 saturated heterocycles. The lowest BCUT2D eigenvalue weighted by Crippen LogP contribution is -1.99. The van der Waals surface area contributed by atoms with E-state index in [1.165, 1.54) is 0 Å². The largest absolute Gasteiger partial charge is 0.275 e. The number of hydrogen-bond donors (Lipinski definition) is 0.